The first-order chi connectivity index (χ1) is 6.29. The van der Waals surface area contributed by atoms with Gasteiger partial charge in [-0.15, -0.1) is 8.42 Å². The summed E-state index contributed by atoms with van der Waals surface area (Å²) in [6, 6.07) is -0.834. The molecule has 1 fully saturated rings. The first kappa shape index (κ1) is 11.6. The Balaban J connectivity index is 3.09. The molecule has 1 rings (SSSR count). The number of carbonyl (C=O) groups is 1. The van der Waals surface area contributed by atoms with Crippen LogP contribution in [-0.4, -0.2) is 55.5 Å². The van der Waals surface area contributed by atoms with Crippen molar-refractivity contribution in [1.29, 1.82) is 0 Å². The number of nitrogens with zero attached hydrogens (tertiary/aromatic N) is 1. The second-order valence-electron chi connectivity index (χ2n) is 3.55. The lowest BCUT2D eigenvalue weighted by Crippen LogP contribution is -2.64. The minimum atomic E-state index is -4.28. The van der Waals surface area contributed by atoms with Crippen LogP contribution in [0.25, 0.3) is 0 Å². The van der Waals surface area contributed by atoms with Crippen molar-refractivity contribution in [2.75, 3.05) is 26.8 Å². The van der Waals surface area contributed by atoms with Crippen LogP contribution in [0.3, 0.4) is 0 Å². The smallest absolute Gasteiger partial charge is 0.369 e. The molecule has 0 saturated carbocycles. The molecule has 1 saturated heterocycles. The van der Waals surface area contributed by atoms with Crippen LogP contribution in [0, 0.1) is 0 Å². The number of carbonyl (C=O) groups excluding carboxylic acids is 1. The van der Waals surface area contributed by atoms with Crippen molar-refractivity contribution in [2.45, 2.75) is 13.0 Å². The molecule has 0 aliphatic carbocycles. The molecule has 0 aromatic carbocycles. The molecule has 1 heterocycles. The monoisotopic (exact) mass is 224 g/mol. The zero-order valence-corrected chi connectivity index (χ0v) is 8.95. The molecule has 0 aromatic rings. The van der Waals surface area contributed by atoms with E-state index >= 15 is 0 Å². The first-order valence-electron chi connectivity index (χ1n) is 4.20. The highest BCUT2D eigenvalue weighted by Gasteiger charge is 2.48. The quantitative estimate of drug-likeness (QED) is 0.492. The number of hydrogen-bond donors (Lipinski definition) is 1. The van der Waals surface area contributed by atoms with E-state index in [2.05, 4.69) is 0 Å². The summed E-state index contributed by atoms with van der Waals surface area (Å²) in [5.41, 5.74) is 0. The van der Waals surface area contributed by atoms with E-state index in [1.807, 2.05) is 0 Å². The normalized spacial score (nSPS) is 34.1. The summed E-state index contributed by atoms with van der Waals surface area (Å²) in [5, 5.41) is 0. The molecule has 1 aliphatic rings. The van der Waals surface area contributed by atoms with E-state index in [4.69, 9.17) is 9.29 Å². The lowest BCUT2D eigenvalue weighted by molar-refractivity contribution is -0.817. The van der Waals surface area contributed by atoms with Gasteiger partial charge in [0.25, 0.3) is 0 Å². The Hall–Kier alpha value is -0.500. The molecule has 0 radical (unpaired) electrons. The van der Waals surface area contributed by atoms with Crippen molar-refractivity contribution in [2.24, 2.45) is 0 Å². The van der Waals surface area contributed by atoms with E-state index < -0.39 is 20.2 Å². The minimum Gasteiger partial charge on any atom is -0.369 e. The van der Waals surface area contributed by atoms with Crippen LogP contribution in [0.5, 0.6) is 0 Å². The maximum absolute atomic E-state index is 11.2. The van der Waals surface area contributed by atoms with Crippen LogP contribution in [0.4, 0.5) is 0 Å². The van der Waals surface area contributed by atoms with Gasteiger partial charge in [0.05, 0.1) is 13.7 Å². The van der Waals surface area contributed by atoms with Crippen LogP contribution in [0.15, 0.2) is 0 Å². The van der Waals surface area contributed by atoms with Gasteiger partial charge in [0.1, 0.15) is 13.2 Å². The highest BCUT2D eigenvalue weighted by molar-refractivity contribution is 7.80. The Labute approximate surface area is 82.9 Å². The summed E-state index contributed by atoms with van der Waals surface area (Å²) in [6.45, 7) is 1.63. The molecule has 2 atom stereocenters. The number of ketones is 1. The summed E-state index contributed by atoms with van der Waals surface area (Å²) in [5.74, 6) is -0.301. The molecule has 0 aromatic heterocycles. The van der Waals surface area contributed by atoms with Crippen LogP contribution in [0.2, 0.25) is 0 Å². The summed E-state index contributed by atoms with van der Waals surface area (Å²) in [4.78, 5) is 11.2. The number of likely N-dealkylation sites (N-methyl/N-ethyl adjacent to an activating group) is 1. The number of Topliss-reactive ketones (excluding diaryl/α,β-unsaturated/α-hetero) is 1. The Morgan fingerprint density at radius 3 is 2.50 bits per heavy atom. The summed E-state index contributed by atoms with van der Waals surface area (Å²) < 4.78 is 35.7. The van der Waals surface area contributed by atoms with Crippen molar-refractivity contribution in [3.05, 3.63) is 0 Å². The Kier molecular flexibility index (Phi) is 2.96. The summed E-state index contributed by atoms with van der Waals surface area (Å²) >= 11 is 0. The van der Waals surface area contributed by atoms with Gasteiger partial charge in [0, 0.05) is 6.92 Å². The van der Waals surface area contributed by atoms with Crippen molar-refractivity contribution in [3.63, 3.8) is 0 Å². The second-order valence-corrected chi connectivity index (χ2v) is 5.28. The average molecular weight is 224 g/mol. The molecule has 14 heavy (non-hydrogen) atoms. The van der Waals surface area contributed by atoms with Gasteiger partial charge >= 0.3 is 10.3 Å². The zero-order valence-electron chi connectivity index (χ0n) is 8.13. The average Bonchev–Trinajstić information content (AvgIpc) is 2.02. The standard InChI is InChI=1S/C7H13NO5S/c1-6(9)7-5-13-4-3-8(7,2)14(10,11)12/h7H,3-5H2,1-2H3/p+1. The van der Waals surface area contributed by atoms with Gasteiger partial charge in [-0.05, 0) is 0 Å². The summed E-state index contributed by atoms with van der Waals surface area (Å²) in [7, 11) is -2.96. The van der Waals surface area contributed by atoms with Crippen LogP contribution < -0.4 is 0 Å². The lowest BCUT2D eigenvalue weighted by Gasteiger charge is -2.38. The van der Waals surface area contributed by atoms with Gasteiger partial charge in [-0.25, -0.2) is 4.55 Å². The van der Waals surface area contributed by atoms with E-state index in [0.717, 1.165) is 0 Å². The summed E-state index contributed by atoms with van der Waals surface area (Å²) in [6.07, 6.45) is 0. The Bertz CT molecular complexity index is 338. The predicted octanol–water partition coefficient (Wildman–Crippen LogP) is -0.776. The fourth-order valence-electron chi connectivity index (χ4n) is 1.53. The third-order valence-corrected chi connectivity index (χ3v) is 4.10. The number of quaternary nitrogens is 1. The molecular formula is C7H14NO5S+. The first-order valence-corrected chi connectivity index (χ1v) is 5.60. The largest absolute Gasteiger partial charge is 0.433 e. The third kappa shape index (κ3) is 1.81. The van der Waals surface area contributed by atoms with Crippen molar-refractivity contribution in [1.82, 2.24) is 0 Å². The van der Waals surface area contributed by atoms with E-state index in [9.17, 15) is 13.2 Å². The van der Waals surface area contributed by atoms with Crippen molar-refractivity contribution in [3.8, 4) is 0 Å². The van der Waals surface area contributed by atoms with E-state index in [1.54, 1.807) is 0 Å². The van der Waals surface area contributed by atoms with Crippen LogP contribution >= 0.6 is 0 Å². The molecule has 0 spiro atoms. The topological polar surface area (TPSA) is 80.7 Å². The van der Waals surface area contributed by atoms with Gasteiger partial charge in [-0.2, -0.15) is 3.89 Å². The highest BCUT2D eigenvalue weighted by atomic mass is 32.2. The molecule has 0 bridgehead atoms. The van der Waals surface area contributed by atoms with Gasteiger partial charge in [-0.1, -0.05) is 0 Å². The van der Waals surface area contributed by atoms with Crippen LogP contribution in [0.1, 0.15) is 6.92 Å². The fourth-order valence-corrected chi connectivity index (χ4v) is 2.37. The van der Waals surface area contributed by atoms with Gasteiger partial charge in [0.15, 0.2) is 11.8 Å². The number of ether oxygens (including phenoxy) is 1. The molecule has 1 aliphatic heterocycles. The zero-order chi connectivity index (χ0) is 11.0. The number of rotatable bonds is 2. The SMILES string of the molecule is CC(=O)C1COCC[N+]1(C)S(=O)(=O)O. The van der Waals surface area contributed by atoms with Gasteiger partial charge < -0.3 is 4.74 Å². The fraction of sp³-hybridized carbons (Fsp3) is 0.857. The van der Waals surface area contributed by atoms with Crippen molar-refractivity contribution >= 4 is 16.1 Å². The molecule has 82 valence electrons. The molecule has 0 amide bonds. The molecule has 6 nitrogen and oxygen atoms in total. The number of morpholine rings is 1. The minimum absolute atomic E-state index is 0.0334. The lowest BCUT2D eigenvalue weighted by atomic mass is 10.2. The van der Waals surface area contributed by atoms with E-state index in [-0.39, 0.29) is 25.5 Å². The maximum Gasteiger partial charge on any atom is 0.433 e. The Morgan fingerprint density at radius 2 is 2.14 bits per heavy atom. The van der Waals surface area contributed by atoms with E-state index in [1.165, 1.54) is 14.0 Å². The molecular weight excluding hydrogens is 210 g/mol. The van der Waals surface area contributed by atoms with Gasteiger partial charge in [0.2, 0.25) is 0 Å². The van der Waals surface area contributed by atoms with Crippen LogP contribution in [-0.2, 0) is 19.8 Å². The van der Waals surface area contributed by atoms with E-state index in [0.29, 0.717) is 0 Å². The Morgan fingerprint density at radius 1 is 1.57 bits per heavy atom. The molecule has 1 N–H and O–H groups in total. The molecule has 7 heteroatoms. The maximum atomic E-state index is 11.2. The number of hydrogen-bond acceptors (Lipinski definition) is 4. The third-order valence-electron chi connectivity index (χ3n) is 2.61. The second kappa shape index (κ2) is 3.58. The highest BCUT2D eigenvalue weighted by Crippen LogP contribution is 2.21. The molecule has 2 unspecified atom stereocenters. The van der Waals surface area contributed by atoms with Gasteiger partial charge in [-0.3, -0.25) is 4.79 Å². The van der Waals surface area contributed by atoms with Crippen molar-refractivity contribution < 1.29 is 26.4 Å². The predicted molar refractivity (Wildman–Crippen MR) is 47.9 cm³/mol.